The summed E-state index contributed by atoms with van der Waals surface area (Å²) >= 11 is 0. The molecule has 0 amide bonds. The minimum absolute atomic E-state index is 0.440. The number of aromatic nitrogens is 1. The molecule has 3 heteroatoms. The van der Waals surface area contributed by atoms with Crippen LogP contribution in [-0.4, -0.2) is 15.6 Å². The predicted octanol–water partition coefficient (Wildman–Crippen LogP) is 3.24. The van der Waals surface area contributed by atoms with E-state index >= 15 is 0 Å². The quantitative estimate of drug-likeness (QED) is 0.899. The first-order valence-corrected chi connectivity index (χ1v) is 6.60. The Kier molecular flexibility index (Phi) is 2.62. The Labute approximate surface area is 106 Å². The molecule has 1 aromatic heterocycles. The fourth-order valence-electron chi connectivity index (χ4n) is 3.17. The number of aromatic carboxylic acids is 1. The van der Waals surface area contributed by atoms with Crippen LogP contribution >= 0.6 is 0 Å². The molecule has 0 saturated carbocycles. The van der Waals surface area contributed by atoms with Crippen LogP contribution in [0.5, 0.6) is 0 Å². The maximum atomic E-state index is 11.4. The monoisotopic (exact) mass is 243 g/mol. The zero-order valence-electron chi connectivity index (χ0n) is 10.6. The van der Waals surface area contributed by atoms with Crippen molar-refractivity contribution in [3.63, 3.8) is 0 Å². The van der Waals surface area contributed by atoms with E-state index in [-0.39, 0.29) is 0 Å². The molecule has 0 radical (unpaired) electrons. The standard InChI is InChI=1S/C15H17NO2/c1-2-9-16-13-8-4-5-10(13)11-6-3-7-12(14(11)16)15(17)18/h3,6-7H,2,4-5,8-9H2,1H3,(H,17,18). The van der Waals surface area contributed by atoms with Gasteiger partial charge in [0.2, 0.25) is 0 Å². The van der Waals surface area contributed by atoms with Gasteiger partial charge in [-0.25, -0.2) is 4.79 Å². The molecular weight excluding hydrogens is 226 g/mol. The van der Waals surface area contributed by atoms with Crippen molar-refractivity contribution in [1.29, 1.82) is 0 Å². The van der Waals surface area contributed by atoms with Crippen LogP contribution in [-0.2, 0) is 19.4 Å². The highest BCUT2D eigenvalue weighted by molar-refractivity contribution is 6.04. The van der Waals surface area contributed by atoms with Gasteiger partial charge in [0.15, 0.2) is 0 Å². The molecule has 3 rings (SSSR count). The van der Waals surface area contributed by atoms with Gasteiger partial charge in [-0.2, -0.15) is 0 Å². The van der Waals surface area contributed by atoms with E-state index in [0.717, 1.165) is 36.7 Å². The Hall–Kier alpha value is -1.77. The number of hydrogen-bond donors (Lipinski definition) is 1. The van der Waals surface area contributed by atoms with Gasteiger partial charge < -0.3 is 9.67 Å². The average Bonchev–Trinajstić information content (AvgIpc) is 2.92. The van der Waals surface area contributed by atoms with E-state index in [9.17, 15) is 9.90 Å². The van der Waals surface area contributed by atoms with Gasteiger partial charge in [-0.1, -0.05) is 19.1 Å². The lowest BCUT2D eigenvalue weighted by atomic mass is 10.1. The number of carbonyl (C=O) groups is 1. The van der Waals surface area contributed by atoms with Gasteiger partial charge in [-0.3, -0.25) is 0 Å². The van der Waals surface area contributed by atoms with Crippen LogP contribution in [0.3, 0.4) is 0 Å². The van der Waals surface area contributed by atoms with Crippen LogP contribution in [0, 0.1) is 0 Å². The molecule has 94 valence electrons. The summed E-state index contributed by atoms with van der Waals surface area (Å²) < 4.78 is 2.24. The molecular formula is C15H17NO2. The zero-order valence-corrected chi connectivity index (χ0v) is 10.6. The summed E-state index contributed by atoms with van der Waals surface area (Å²) in [6, 6.07) is 5.64. The number of para-hydroxylation sites is 1. The molecule has 1 N–H and O–H groups in total. The number of carboxylic acids is 1. The number of rotatable bonds is 3. The van der Waals surface area contributed by atoms with Gasteiger partial charge in [0.25, 0.3) is 0 Å². The van der Waals surface area contributed by atoms with Crippen molar-refractivity contribution >= 4 is 16.9 Å². The van der Waals surface area contributed by atoms with Crippen molar-refractivity contribution in [2.24, 2.45) is 0 Å². The summed E-state index contributed by atoms with van der Waals surface area (Å²) in [6.07, 6.45) is 4.40. The van der Waals surface area contributed by atoms with Crippen LogP contribution in [0.15, 0.2) is 18.2 Å². The molecule has 18 heavy (non-hydrogen) atoms. The number of carboxylic acid groups (broad SMARTS) is 1. The van der Waals surface area contributed by atoms with E-state index in [1.807, 2.05) is 6.07 Å². The van der Waals surface area contributed by atoms with Crippen molar-refractivity contribution in [3.8, 4) is 0 Å². The SMILES string of the molecule is CCCn1c2c(c3cccc(C(=O)O)c31)CCC2. The van der Waals surface area contributed by atoms with Crippen LogP contribution < -0.4 is 0 Å². The first kappa shape index (κ1) is 11.3. The van der Waals surface area contributed by atoms with E-state index in [1.165, 1.54) is 17.7 Å². The summed E-state index contributed by atoms with van der Waals surface area (Å²) in [5, 5.41) is 10.5. The number of fused-ring (bicyclic) bond motifs is 3. The highest BCUT2D eigenvalue weighted by Crippen LogP contribution is 2.34. The lowest BCUT2D eigenvalue weighted by Gasteiger charge is -2.09. The Balaban J connectivity index is 2.37. The molecule has 1 aliphatic carbocycles. The third-order valence-corrected chi connectivity index (χ3v) is 3.82. The Morgan fingerprint density at radius 3 is 2.94 bits per heavy atom. The molecule has 1 heterocycles. The minimum Gasteiger partial charge on any atom is -0.478 e. The smallest absolute Gasteiger partial charge is 0.337 e. The number of aryl methyl sites for hydroxylation is 2. The molecule has 0 saturated heterocycles. The highest BCUT2D eigenvalue weighted by atomic mass is 16.4. The molecule has 0 atom stereocenters. The molecule has 1 aromatic carbocycles. The van der Waals surface area contributed by atoms with Crippen LogP contribution in [0.4, 0.5) is 0 Å². The lowest BCUT2D eigenvalue weighted by Crippen LogP contribution is -2.06. The Bertz CT molecular complexity index is 625. The van der Waals surface area contributed by atoms with Crippen LogP contribution in [0.2, 0.25) is 0 Å². The van der Waals surface area contributed by atoms with Crippen LogP contribution in [0.25, 0.3) is 10.9 Å². The van der Waals surface area contributed by atoms with Gasteiger partial charge in [0, 0.05) is 17.6 Å². The fourth-order valence-corrected chi connectivity index (χ4v) is 3.17. The molecule has 3 nitrogen and oxygen atoms in total. The largest absolute Gasteiger partial charge is 0.478 e. The topological polar surface area (TPSA) is 42.2 Å². The zero-order chi connectivity index (χ0) is 12.7. The summed E-state index contributed by atoms with van der Waals surface area (Å²) in [6.45, 7) is 3.05. The summed E-state index contributed by atoms with van der Waals surface area (Å²) in [4.78, 5) is 11.4. The summed E-state index contributed by atoms with van der Waals surface area (Å²) in [7, 11) is 0. The molecule has 2 aromatic rings. The van der Waals surface area contributed by atoms with Crippen molar-refractivity contribution in [2.45, 2.75) is 39.2 Å². The second-order valence-corrected chi connectivity index (χ2v) is 4.94. The average molecular weight is 243 g/mol. The van der Waals surface area contributed by atoms with Gasteiger partial charge >= 0.3 is 5.97 Å². The van der Waals surface area contributed by atoms with E-state index in [4.69, 9.17) is 0 Å². The third kappa shape index (κ3) is 1.47. The Morgan fingerprint density at radius 1 is 1.39 bits per heavy atom. The van der Waals surface area contributed by atoms with Crippen LogP contribution in [0.1, 0.15) is 41.4 Å². The second-order valence-electron chi connectivity index (χ2n) is 4.94. The second kappa shape index (κ2) is 4.16. The van der Waals surface area contributed by atoms with E-state index in [1.54, 1.807) is 6.07 Å². The van der Waals surface area contributed by atoms with Gasteiger partial charge in [0.05, 0.1) is 11.1 Å². The molecule has 0 bridgehead atoms. The maximum absolute atomic E-state index is 11.4. The van der Waals surface area contributed by atoms with Gasteiger partial charge in [-0.15, -0.1) is 0 Å². The van der Waals surface area contributed by atoms with Gasteiger partial charge in [-0.05, 0) is 37.3 Å². The van der Waals surface area contributed by atoms with E-state index < -0.39 is 5.97 Å². The molecule has 0 unspecified atom stereocenters. The van der Waals surface area contributed by atoms with Gasteiger partial charge in [0.1, 0.15) is 0 Å². The minimum atomic E-state index is -0.825. The summed E-state index contributed by atoms with van der Waals surface area (Å²) in [5.74, 6) is -0.825. The molecule has 0 spiro atoms. The maximum Gasteiger partial charge on any atom is 0.337 e. The molecule has 0 fully saturated rings. The third-order valence-electron chi connectivity index (χ3n) is 3.82. The normalized spacial score (nSPS) is 14.1. The molecule has 1 aliphatic rings. The van der Waals surface area contributed by atoms with Crippen molar-refractivity contribution < 1.29 is 9.90 Å². The first-order chi connectivity index (χ1) is 8.74. The summed E-state index contributed by atoms with van der Waals surface area (Å²) in [5.41, 5.74) is 4.11. The predicted molar refractivity (Wildman–Crippen MR) is 71.2 cm³/mol. The number of nitrogens with zero attached hydrogens (tertiary/aromatic N) is 1. The fraction of sp³-hybridized carbons (Fsp3) is 0.400. The van der Waals surface area contributed by atoms with E-state index in [0.29, 0.717) is 5.56 Å². The Morgan fingerprint density at radius 2 is 2.22 bits per heavy atom. The number of benzene rings is 1. The van der Waals surface area contributed by atoms with Crippen molar-refractivity contribution in [3.05, 3.63) is 35.0 Å². The number of hydrogen-bond acceptors (Lipinski definition) is 1. The lowest BCUT2D eigenvalue weighted by molar-refractivity contribution is 0.0698. The van der Waals surface area contributed by atoms with E-state index in [2.05, 4.69) is 17.6 Å². The van der Waals surface area contributed by atoms with Crippen molar-refractivity contribution in [2.75, 3.05) is 0 Å². The first-order valence-electron chi connectivity index (χ1n) is 6.60. The highest BCUT2D eigenvalue weighted by Gasteiger charge is 2.23. The molecule has 0 aliphatic heterocycles. The van der Waals surface area contributed by atoms with Crippen molar-refractivity contribution in [1.82, 2.24) is 4.57 Å².